The average molecular weight is 333 g/mol. The first-order valence-electron chi connectivity index (χ1n) is 7.06. The Morgan fingerprint density at radius 2 is 1.70 bits per heavy atom. The van der Waals surface area contributed by atoms with E-state index in [1.54, 1.807) is 0 Å². The Hall–Kier alpha value is -1.48. The Kier molecular flexibility index (Phi) is 5.48. The van der Waals surface area contributed by atoms with Crippen molar-refractivity contribution >= 4 is 27.3 Å². The van der Waals surface area contributed by atoms with Crippen molar-refractivity contribution in [1.82, 2.24) is 0 Å². The van der Waals surface area contributed by atoms with Crippen molar-refractivity contribution < 1.29 is 0 Å². The molecule has 106 valence electrons. The molecule has 0 atom stereocenters. The Balaban J connectivity index is 1.97. The molecule has 20 heavy (non-hydrogen) atoms. The van der Waals surface area contributed by atoms with Crippen LogP contribution in [0.15, 0.2) is 53.0 Å². The first-order chi connectivity index (χ1) is 9.72. The molecule has 0 aliphatic carbocycles. The number of nitrogens with one attached hydrogen (secondary N) is 1. The van der Waals surface area contributed by atoms with Crippen LogP contribution >= 0.6 is 15.9 Å². The molecule has 0 spiro atoms. The maximum Gasteiger partial charge on any atom is 0.0400 e. The summed E-state index contributed by atoms with van der Waals surface area (Å²) in [7, 11) is 0. The lowest BCUT2D eigenvalue weighted by Gasteiger charge is -2.21. The lowest BCUT2D eigenvalue weighted by atomic mass is 10.2. The molecule has 2 aromatic carbocycles. The Morgan fingerprint density at radius 1 is 1.00 bits per heavy atom. The second kappa shape index (κ2) is 7.34. The standard InChI is InChI=1S/C17H21BrN2/c1-3-20(4-2)17-10-8-14(9-11-17)13-19-16-7-5-6-15(18)12-16/h5-12,19H,3-4,13H2,1-2H3. The molecule has 3 heteroatoms. The molecule has 0 amide bonds. The van der Waals surface area contributed by atoms with Gasteiger partial charge in [-0.2, -0.15) is 0 Å². The largest absolute Gasteiger partial charge is 0.381 e. The van der Waals surface area contributed by atoms with E-state index in [0.717, 1.165) is 29.8 Å². The van der Waals surface area contributed by atoms with Crippen molar-refractivity contribution in [2.45, 2.75) is 20.4 Å². The van der Waals surface area contributed by atoms with Crippen LogP contribution in [-0.2, 0) is 6.54 Å². The topological polar surface area (TPSA) is 15.3 Å². The third-order valence-electron chi connectivity index (χ3n) is 3.39. The minimum atomic E-state index is 0.842. The summed E-state index contributed by atoms with van der Waals surface area (Å²) >= 11 is 3.48. The predicted octanol–water partition coefficient (Wildman–Crippen LogP) is 4.91. The van der Waals surface area contributed by atoms with Gasteiger partial charge in [-0.25, -0.2) is 0 Å². The van der Waals surface area contributed by atoms with E-state index in [2.05, 4.69) is 76.4 Å². The molecule has 0 aliphatic heterocycles. The molecule has 0 saturated carbocycles. The number of rotatable bonds is 6. The third-order valence-corrected chi connectivity index (χ3v) is 3.88. The van der Waals surface area contributed by atoms with Crippen LogP contribution in [-0.4, -0.2) is 13.1 Å². The number of hydrogen-bond donors (Lipinski definition) is 1. The van der Waals surface area contributed by atoms with Gasteiger partial charge in [0.25, 0.3) is 0 Å². The van der Waals surface area contributed by atoms with E-state index in [4.69, 9.17) is 0 Å². The second-order valence-corrected chi connectivity index (χ2v) is 5.62. The zero-order valence-corrected chi connectivity index (χ0v) is 13.7. The number of hydrogen-bond acceptors (Lipinski definition) is 2. The molecular weight excluding hydrogens is 312 g/mol. The summed E-state index contributed by atoms with van der Waals surface area (Å²) in [6, 6.07) is 17.0. The third kappa shape index (κ3) is 4.01. The van der Waals surface area contributed by atoms with Gasteiger partial charge in [0.2, 0.25) is 0 Å². The first kappa shape index (κ1) is 14.9. The van der Waals surface area contributed by atoms with Gasteiger partial charge < -0.3 is 10.2 Å². The molecule has 0 saturated heterocycles. The summed E-state index contributed by atoms with van der Waals surface area (Å²) < 4.78 is 1.10. The van der Waals surface area contributed by atoms with E-state index in [1.807, 2.05) is 12.1 Å². The molecule has 0 unspecified atom stereocenters. The molecule has 0 aliphatic rings. The predicted molar refractivity (Wildman–Crippen MR) is 91.5 cm³/mol. The highest BCUT2D eigenvalue weighted by Gasteiger charge is 2.01. The second-order valence-electron chi connectivity index (χ2n) is 4.70. The summed E-state index contributed by atoms with van der Waals surface area (Å²) in [5.74, 6) is 0. The van der Waals surface area contributed by atoms with E-state index in [-0.39, 0.29) is 0 Å². The summed E-state index contributed by atoms with van der Waals surface area (Å²) in [6.07, 6.45) is 0. The zero-order valence-electron chi connectivity index (χ0n) is 12.1. The van der Waals surface area contributed by atoms with Crippen LogP contribution in [0.3, 0.4) is 0 Å². The Labute approximate surface area is 129 Å². The van der Waals surface area contributed by atoms with Crippen LogP contribution in [0.2, 0.25) is 0 Å². The van der Waals surface area contributed by atoms with Gasteiger partial charge in [0.1, 0.15) is 0 Å². The highest BCUT2D eigenvalue weighted by Crippen LogP contribution is 2.18. The average Bonchev–Trinajstić information content (AvgIpc) is 2.48. The van der Waals surface area contributed by atoms with Crippen molar-refractivity contribution in [2.24, 2.45) is 0 Å². The fourth-order valence-corrected chi connectivity index (χ4v) is 2.62. The van der Waals surface area contributed by atoms with Gasteiger partial charge in [0.15, 0.2) is 0 Å². The van der Waals surface area contributed by atoms with Gasteiger partial charge in [-0.1, -0.05) is 34.1 Å². The minimum absolute atomic E-state index is 0.842. The number of halogens is 1. The molecular formula is C17H21BrN2. The summed E-state index contributed by atoms with van der Waals surface area (Å²) in [5, 5.41) is 3.43. The number of anilines is 2. The molecule has 0 heterocycles. The van der Waals surface area contributed by atoms with Crippen LogP contribution in [0.25, 0.3) is 0 Å². The van der Waals surface area contributed by atoms with E-state index >= 15 is 0 Å². The van der Waals surface area contributed by atoms with Crippen LogP contribution in [0.1, 0.15) is 19.4 Å². The van der Waals surface area contributed by atoms with E-state index in [1.165, 1.54) is 11.3 Å². The Bertz CT molecular complexity index is 533. The van der Waals surface area contributed by atoms with Gasteiger partial charge >= 0.3 is 0 Å². The van der Waals surface area contributed by atoms with Crippen LogP contribution in [0.4, 0.5) is 11.4 Å². The van der Waals surface area contributed by atoms with Crippen LogP contribution < -0.4 is 10.2 Å². The fraction of sp³-hybridized carbons (Fsp3) is 0.294. The quantitative estimate of drug-likeness (QED) is 0.808. The molecule has 0 aromatic heterocycles. The lowest BCUT2D eigenvalue weighted by Crippen LogP contribution is -2.21. The molecule has 0 radical (unpaired) electrons. The van der Waals surface area contributed by atoms with Gasteiger partial charge in [-0.05, 0) is 49.7 Å². The highest BCUT2D eigenvalue weighted by molar-refractivity contribution is 9.10. The van der Waals surface area contributed by atoms with Gasteiger partial charge in [0, 0.05) is 35.5 Å². The first-order valence-corrected chi connectivity index (χ1v) is 7.85. The molecule has 0 bridgehead atoms. The van der Waals surface area contributed by atoms with Crippen molar-refractivity contribution in [2.75, 3.05) is 23.3 Å². The number of benzene rings is 2. The van der Waals surface area contributed by atoms with Gasteiger partial charge in [-0.15, -0.1) is 0 Å². The number of nitrogens with zero attached hydrogens (tertiary/aromatic N) is 1. The van der Waals surface area contributed by atoms with Crippen molar-refractivity contribution in [1.29, 1.82) is 0 Å². The van der Waals surface area contributed by atoms with E-state index < -0.39 is 0 Å². The summed E-state index contributed by atoms with van der Waals surface area (Å²) in [6.45, 7) is 7.31. The van der Waals surface area contributed by atoms with Crippen molar-refractivity contribution in [3.63, 3.8) is 0 Å². The molecule has 1 N–H and O–H groups in total. The minimum Gasteiger partial charge on any atom is -0.381 e. The van der Waals surface area contributed by atoms with E-state index in [0.29, 0.717) is 0 Å². The normalized spacial score (nSPS) is 10.3. The molecule has 0 fully saturated rings. The highest BCUT2D eigenvalue weighted by atomic mass is 79.9. The van der Waals surface area contributed by atoms with Gasteiger partial charge in [0.05, 0.1) is 0 Å². The Morgan fingerprint density at radius 3 is 2.30 bits per heavy atom. The summed E-state index contributed by atoms with van der Waals surface area (Å²) in [5.41, 5.74) is 3.72. The molecule has 2 nitrogen and oxygen atoms in total. The smallest absolute Gasteiger partial charge is 0.0400 e. The maximum absolute atomic E-state index is 3.48. The van der Waals surface area contributed by atoms with Crippen LogP contribution in [0.5, 0.6) is 0 Å². The van der Waals surface area contributed by atoms with Crippen molar-refractivity contribution in [3.05, 3.63) is 58.6 Å². The fourth-order valence-electron chi connectivity index (χ4n) is 2.22. The maximum atomic E-state index is 3.48. The van der Waals surface area contributed by atoms with Gasteiger partial charge in [-0.3, -0.25) is 0 Å². The van der Waals surface area contributed by atoms with Crippen LogP contribution in [0, 0.1) is 0 Å². The SMILES string of the molecule is CCN(CC)c1ccc(CNc2cccc(Br)c2)cc1. The monoisotopic (exact) mass is 332 g/mol. The van der Waals surface area contributed by atoms with E-state index in [9.17, 15) is 0 Å². The lowest BCUT2D eigenvalue weighted by molar-refractivity contribution is 0.865. The molecule has 2 rings (SSSR count). The molecule has 2 aromatic rings. The van der Waals surface area contributed by atoms with Crippen molar-refractivity contribution in [3.8, 4) is 0 Å². The summed E-state index contributed by atoms with van der Waals surface area (Å²) in [4.78, 5) is 2.35. The zero-order chi connectivity index (χ0) is 14.4.